The van der Waals surface area contributed by atoms with Crippen molar-refractivity contribution in [2.45, 2.75) is 6.54 Å². The second-order valence-corrected chi connectivity index (χ2v) is 10.0. The average Bonchev–Trinajstić information content (AvgIpc) is 2.80. The van der Waals surface area contributed by atoms with E-state index in [9.17, 15) is 0 Å². The lowest BCUT2D eigenvalue weighted by molar-refractivity contribution is 0.553. The van der Waals surface area contributed by atoms with Crippen LogP contribution >= 0.6 is 8.07 Å². The molecule has 0 aliphatic carbocycles. The molecule has 5 rings (SSSR count). The van der Waals surface area contributed by atoms with E-state index in [1.54, 1.807) is 0 Å². The van der Waals surface area contributed by atoms with Crippen molar-refractivity contribution in [3.8, 4) is 0 Å². The SMILES string of the molecule is CN(Cc1ccccc1)P(c1ccc2ccccc2c1)c1ccc2ccccc2c1. The molecule has 0 atom stereocenters. The Bertz CT molecular complexity index is 1220. The molecule has 0 aromatic heterocycles. The molecule has 0 saturated heterocycles. The van der Waals surface area contributed by atoms with E-state index < -0.39 is 8.07 Å². The molecule has 1 nitrogen and oxygen atoms in total. The summed E-state index contributed by atoms with van der Waals surface area (Å²) < 4.78 is 2.51. The van der Waals surface area contributed by atoms with Gasteiger partial charge >= 0.3 is 0 Å². The Balaban J connectivity index is 1.61. The van der Waals surface area contributed by atoms with Crippen molar-refractivity contribution < 1.29 is 0 Å². The highest BCUT2D eigenvalue weighted by molar-refractivity contribution is 7.70. The summed E-state index contributed by atoms with van der Waals surface area (Å²) >= 11 is 0. The molecule has 5 aromatic rings. The van der Waals surface area contributed by atoms with Crippen molar-refractivity contribution in [2.24, 2.45) is 0 Å². The fourth-order valence-electron chi connectivity index (χ4n) is 4.08. The van der Waals surface area contributed by atoms with Crippen LogP contribution in [0.15, 0.2) is 115 Å². The van der Waals surface area contributed by atoms with Crippen LogP contribution in [-0.2, 0) is 6.54 Å². The molecule has 0 unspecified atom stereocenters. The third-order valence-electron chi connectivity index (χ3n) is 5.55. The van der Waals surface area contributed by atoms with Gasteiger partial charge in [-0.25, -0.2) is 0 Å². The minimum Gasteiger partial charge on any atom is -0.274 e. The molecule has 5 aromatic carbocycles. The highest BCUT2D eigenvalue weighted by Gasteiger charge is 2.20. The standard InChI is InChI=1S/C28H24NP/c1-29(21-22-9-3-2-4-10-22)30(27-17-15-23-11-5-7-13-25(23)19-27)28-18-16-24-12-6-8-14-26(24)20-28/h2-20H,21H2,1H3. The van der Waals surface area contributed by atoms with E-state index in [1.165, 1.54) is 37.7 Å². The van der Waals surface area contributed by atoms with Gasteiger partial charge < -0.3 is 0 Å². The fourth-order valence-corrected chi connectivity index (χ4v) is 6.42. The van der Waals surface area contributed by atoms with Crippen LogP contribution in [0, 0.1) is 0 Å². The highest BCUT2D eigenvalue weighted by Crippen LogP contribution is 2.39. The van der Waals surface area contributed by atoms with Gasteiger partial charge in [-0.3, -0.25) is 4.67 Å². The third-order valence-corrected chi connectivity index (χ3v) is 7.91. The smallest absolute Gasteiger partial charge is 0.0282 e. The van der Waals surface area contributed by atoms with Crippen LogP contribution in [0.3, 0.4) is 0 Å². The van der Waals surface area contributed by atoms with Gasteiger partial charge in [0.05, 0.1) is 0 Å². The van der Waals surface area contributed by atoms with E-state index in [-0.39, 0.29) is 0 Å². The van der Waals surface area contributed by atoms with Crippen molar-refractivity contribution in [1.29, 1.82) is 0 Å². The summed E-state index contributed by atoms with van der Waals surface area (Å²) in [6.07, 6.45) is 0. The Morgan fingerprint density at radius 1 is 0.533 bits per heavy atom. The summed E-state index contributed by atoms with van der Waals surface area (Å²) in [7, 11) is 1.60. The maximum atomic E-state index is 2.51. The molecule has 0 heterocycles. The van der Waals surface area contributed by atoms with Crippen molar-refractivity contribution in [3.05, 3.63) is 121 Å². The number of hydrogen-bond acceptors (Lipinski definition) is 1. The summed E-state index contributed by atoms with van der Waals surface area (Å²) in [4.78, 5) is 0. The van der Waals surface area contributed by atoms with E-state index in [0.717, 1.165) is 6.54 Å². The first-order valence-electron chi connectivity index (χ1n) is 10.3. The van der Waals surface area contributed by atoms with E-state index in [4.69, 9.17) is 0 Å². The Morgan fingerprint density at radius 2 is 1.00 bits per heavy atom. The maximum Gasteiger partial charge on any atom is 0.0282 e. The van der Waals surface area contributed by atoms with Crippen LogP contribution in [0.1, 0.15) is 5.56 Å². The van der Waals surface area contributed by atoms with Crippen molar-refractivity contribution >= 4 is 40.2 Å². The normalized spacial score (nSPS) is 11.6. The first kappa shape index (κ1) is 19.0. The molecule has 2 heteroatoms. The van der Waals surface area contributed by atoms with Crippen LogP contribution in [0.25, 0.3) is 21.5 Å². The van der Waals surface area contributed by atoms with Crippen LogP contribution in [0.5, 0.6) is 0 Å². The molecule has 0 spiro atoms. The summed E-state index contributed by atoms with van der Waals surface area (Å²) in [5, 5.41) is 7.96. The van der Waals surface area contributed by atoms with Gasteiger partial charge in [-0.05, 0) is 56.9 Å². The quantitative estimate of drug-likeness (QED) is 0.303. The highest BCUT2D eigenvalue weighted by atomic mass is 31.1. The lowest BCUT2D eigenvalue weighted by atomic mass is 10.1. The van der Waals surface area contributed by atoms with E-state index in [2.05, 4.69) is 127 Å². The topological polar surface area (TPSA) is 3.24 Å². The first-order chi connectivity index (χ1) is 14.8. The van der Waals surface area contributed by atoms with Crippen LogP contribution < -0.4 is 10.6 Å². The van der Waals surface area contributed by atoms with E-state index in [0.29, 0.717) is 0 Å². The number of benzene rings is 5. The second kappa shape index (κ2) is 8.40. The maximum absolute atomic E-state index is 2.51. The molecule has 0 amide bonds. The molecule has 146 valence electrons. The predicted octanol–water partition coefficient (Wildman–Crippen LogP) is 6.47. The molecule has 0 aliphatic rings. The summed E-state index contributed by atoms with van der Waals surface area (Å²) in [5.74, 6) is 0. The van der Waals surface area contributed by atoms with E-state index >= 15 is 0 Å². The van der Waals surface area contributed by atoms with Gasteiger partial charge in [0.25, 0.3) is 0 Å². The summed E-state index contributed by atoms with van der Waals surface area (Å²) in [5.41, 5.74) is 1.34. The van der Waals surface area contributed by atoms with Crippen LogP contribution in [-0.4, -0.2) is 11.7 Å². The fraction of sp³-hybridized carbons (Fsp3) is 0.0714. The Hall–Kier alpha value is -2.99. The van der Waals surface area contributed by atoms with Gasteiger partial charge in [0, 0.05) is 14.6 Å². The Kier molecular flexibility index (Phi) is 5.32. The molecule has 0 bridgehead atoms. The Morgan fingerprint density at radius 3 is 1.53 bits per heavy atom. The number of fused-ring (bicyclic) bond motifs is 2. The van der Waals surface area contributed by atoms with Gasteiger partial charge in [0.15, 0.2) is 0 Å². The number of nitrogens with zero attached hydrogens (tertiary/aromatic N) is 1. The number of hydrogen-bond donors (Lipinski definition) is 0. The molecule has 0 N–H and O–H groups in total. The van der Waals surface area contributed by atoms with Crippen molar-refractivity contribution in [2.75, 3.05) is 7.05 Å². The second-order valence-electron chi connectivity index (χ2n) is 7.68. The molecule has 30 heavy (non-hydrogen) atoms. The molecule has 0 aliphatic heterocycles. The molecule has 0 fully saturated rings. The summed E-state index contributed by atoms with van der Waals surface area (Å²) in [6, 6.07) is 41.9. The molecular weight excluding hydrogens is 381 g/mol. The van der Waals surface area contributed by atoms with Crippen molar-refractivity contribution in [3.63, 3.8) is 0 Å². The predicted molar refractivity (Wildman–Crippen MR) is 132 cm³/mol. The van der Waals surface area contributed by atoms with Crippen LogP contribution in [0.2, 0.25) is 0 Å². The van der Waals surface area contributed by atoms with Crippen LogP contribution in [0.4, 0.5) is 0 Å². The minimum absolute atomic E-state index is 0.649. The summed E-state index contributed by atoms with van der Waals surface area (Å²) in [6.45, 7) is 0.923. The lowest BCUT2D eigenvalue weighted by Crippen LogP contribution is -2.25. The number of rotatable bonds is 5. The zero-order chi connectivity index (χ0) is 20.3. The van der Waals surface area contributed by atoms with Gasteiger partial charge in [0.1, 0.15) is 0 Å². The van der Waals surface area contributed by atoms with Crippen molar-refractivity contribution in [1.82, 2.24) is 4.67 Å². The van der Waals surface area contributed by atoms with E-state index in [1.807, 2.05) is 0 Å². The largest absolute Gasteiger partial charge is 0.274 e. The monoisotopic (exact) mass is 405 g/mol. The Labute approximate surface area is 179 Å². The van der Waals surface area contributed by atoms with Gasteiger partial charge in [-0.1, -0.05) is 103 Å². The molecule has 0 saturated carbocycles. The van der Waals surface area contributed by atoms with Gasteiger partial charge in [0.2, 0.25) is 0 Å². The average molecular weight is 405 g/mol. The molecule has 0 radical (unpaired) electrons. The zero-order valence-electron chi connectivity index (χ0n) is 17.1. The third kappa shape index (κ3) is 3.87. The minimum atomic E-state index is -0.649. The first-order valence-corrected chi connectivity index (χ1v) is 11.6. The van der Waals surface area contributed by atoms with Gasteiger partial charge in [-0.15, -0.1) is 0 Å². The zero-order valence-corrected chi connectivity index (χ0v) is 18.0. The van der Waals surface area contributed by atoms with Gasteiger partial charge in [-0.2, -0.15) is 0 Å². The lowest BCUT2D eigenvalue weighted by Gasteiger charge is -2.29. The molecular formula is C28H24NP.